The lowest BCUT2D eigenvalue weighted by molar-refractivity contribution is -0.138. The van der Waals surface area contributed by atoms with E-state index in [0.29, 0.717) is 28.5 Å². The van der Waals surface area contributed by atoms with Crippen LogP contribution in [0, 0.1) is 5.92 Å². The highest BCUT2D eigenvalue weighted by Crippen LogP contribution is 2.34. The second-order valence-electron chi connectivity index (χ2n) is 8.44. The van der Waals surface area contributed by atoms with Gasteiger partial charge in [0.1, 0.15) is 11.9 Å². The van der Waals surface area contributed by atoms with Crippen LogP contribution in [0.25, 0.3) is 11.1 Å². The minimum Gasteiger partial charge on any atom is -0.485 e. The third-order valence-corrected chi connectivity index (χ3v) is 6.33. The van der Waals surface area contributed by atoms with Gasteiger partial charge in [-0.15, -0.1) is 11.3 Å². The molecule has 2 aromatic carbocycles. The van der Waals surface area contributed by atoms with Gasteiger partial charge in [0.05, 0.1) is 16.9 Å². The molecule has 0 saturated carbocycles. The van der Waals surface area contributed by atoms with E-state index in [0.717, 1.165) is 22.6 Å². The molecule has 0 aliphatic carbocycles. The number of halogens is 3. The monoisotopic (exact) mass is 505 g/mol. The van der Waals surface area contributed by atoms with Gasteiger partial charge < -0.3 is 15.2 Å². The molecule has 1 aromatic heterocycles. The molecular formula is C26H26F3NO4S. The van der Waals surface area contributed by atoms with Gasteiger partial charge in [0, 0.05) is 11.4 Å². The number of ether oxygens (including phenoxy) is 1. The summed E-state index contributed by atoms with van der Waals surface area (Å²) in [6.45, 7) is 4.19. The Hall–Kier alpha value is -3.33. The molecule has 186 valence electrons. The third-order valence-electron chi connectivity index (χ3n) is 5.16. The Morgan fingerprint density at radius 3 is 2.11 bits per heavy atom. The maximum Gasteiger partial charge on any atom is 0.416 e. The Balaban J connectivity index is 1.70. The van der Waals surface area contributed by atoms with E-state index in [1.54, 1.807) is 30.3 Å². The first-order valence-electron chi connectivity index (χ1n) is 11.1. The molecule has 1 amide bonds. The minimum atomic E-state index is -4.37. The molecule has 3 rings (SSSR count). The van der Waals surface area contributed by atoms with Crippen molar-refractivity contribution in [2.75, 3.05) is 6.54 Å². The summed E-state index contributed by atoms with van der Waals surface area (Å²) in [6, 6.07) is 15.7. The SMILES string of the molecule is CC(C)C[C@H](Oc1ccc(-c2ccc(C(F)(F)F)cc2)cc1)c1ccc(C(=O)NCCC(=O)O)s1. The van der Waals surface area contributed by atoms with Gasteiger partial charge in [0.15, 0.2) is 0 Å². The normalized spacial score (nSPS) is 12.4. The van der Waals surface area contributed by atoms with Gasteiger partial charge >= 0.3 is 12.1 Å². The van der Waals surface area contributed by atoms with Gasteiger partial charge in [-0.3, -0.25) is 9.59 Å². The Bertz CT molecular complexity index is 1140. The predicted octanol–water partition coefficient (Wildman–Crippen LogP) is 6.80. The summed E-state index contributed by atoms with van der Waals surface area (Å²) in [7, 11) is 0. The fraction of sp³-hybridized carbons (Fsp3) is 0.308. The van der Waals surface area contributed by atoms with Crippen molar-refractivity contribution >= 4 is 23.2 Å². The number of hydrogen-bond acceptors (Lipinski definition) is 4. The Morgan fingerprint density at radius 1 is 0.971 bits per heavy atom. The van der Waals surface area contributed by atoms with Crippen LogP contribution in [0.3, 0.4) is 0 Å². The smallest absolute Gasteiger partial charge is 0.416 e. The van der Waals surface area contributed by atoms with E-state index in [2.05, 4.69) is 19.2 Å². The Labute approximate surface area is 205 Å². The average molecular weight is 506 g/mol. The van der Waals surface area contributed by atoms with E-state index in [1.165, 1.54) is 23.5 Å². The highest BCUT2D eigenvalue weighted by molar-refractivity contribution is 7.14. The summed E-state index contributed by atoms with van der Waals surface area (Å²) in [6.07, 6.45) is -4.10. The van der Waals surface area contributed by atoms with Crippen molar-refractivity contribution in [3.05, 3.63) is 76.0 Å². The highest BCUT2D eigenvalue weighted by Gasteiger charge is 2.30. The first-order valence-corrected chi connectivity index (χ1v) is 11.9. The lowest BCUT2D eigenvalue weighted by atomic mass is 10.0. The number of carboxylic acid groups (broad SMARTS) is 1. The number of aliphatic carboxylic acids is 1. The van der Waals surface area contributed by atoms with Crippen LogP contribution in [0.1, 0.15) is 52.9 Å². The van der Waals surface area contributed by atoms with Crippen LogP contribution in [-0.2, 0) is 11.0 Å². The molecule has 3 aromatic rings. The van der Waals surface area contributed by atoms with Crippen molar-refractivity contribution in [3.63, 3.8) is 0 Å². The number of amides is 1. The van der Waals surface area contributed by atoms with Gasteiger partial charge in [-0.1, -0.05) is 38.1 Å². The fourth-order valence-electron chi connectivity index (χ4n) is 3.41. The molecule has 0 unspecified atom stereocenters. The Kier molecular flexibility index (Phi) is 8.56. The first kappa shape index (κ1) is 26.3. The molecule has 2 N–H and O–H groups in total. The van der Waals surface area contributed by atoms with Gasteiger partial charge in [0.2, 0.25) is 0 Å². The second-order valence-corrected chi connectivity index (χ2v) is 9.55. The van der Waals surface area contributed by atoms with Gasteiger partial charge in [-0.25, -0.2) is 0 Å². The molecule has 0 saturated heterocycles. The van der Waals surface area contributed by atoms with Crippen LogP contribution in [0.2, 0.25) is 0 Å². The van der Waals surface area contributed by atoms with E-state index >= 15 is 0 Å². The standard InChI is InChI=1S/C26H26F3NO4S/c1-16(2)15-21(22-11-12-23(35-22)25(33)30-14-13-24(31)32)34-20-9-5-18(6-10-20)17-3-7-19(8-4-17)26(27,28)29/h3-12,16,21H,13-15H2,1-2H3,(H,30,33)(H,31,32)/t21-/m0/s1. The number of nitrogens with one attached hydrogen (secondary N) is 1. The van der Waals surface area contributed by atoms with E-state index in [9.17, 15) is 22.8 Å². The number of carbonyl (C=O) groups excluding carboxylic acids is 1. The first-order chi connectivity index (χ1) is 16.5. The van der Waals surface area contributed by atoms with Crippen molar-refractivity contribution in [1.29, 1.82) is 0 Å². The number of carboxylic acids is 1. The van der Waals surface area contributed by atoms with Gasteiger partial charge in [0.25, 0.3) is 5.91 Å². The number of benzene rings is 2. The molecule has 0 aliphatic heterocycles. The van der Waals surface area contributed by atoms with Crippen molar-refractivity contribution in [1.82, 2.24) is 5.32 Å². The van der Waals surface area contributed by atoms with Crippen molar-refractivity contribution < 1.29 is 32.6 Å². The zero-order valence-corrected chi connectivity index (χ0v) is 20.1. The highest BCUT2D eigenvalue weighted by atomic mass is 32.1. The zero-order chi connectivity index (χ0) is 25.6. The number of rotatable bonds is 10. The van der Waals surface area contributed by atoms with Crippen LogP contribution >= 0.6 is 11.3 Å². The van der Waals surface area contributed by atoms with Gasteiger partial charge in [-0.2, -0.15) is 13.2 Å². The van der Waals surface area contributed by atoms with E-state index < -0.39 is 17.7 Å². The van der Waals surface area contributed by atoms with Gasteiger partial charge in [-0.05, 0) is 59.9 Å². The molecule has 0 fully saturated rings. The number of carbonyl (C=O) groups is 2. The summed E-state index contributed by atoms with van der Waals surface area (Å²) in [5, 5.41) is 11.3. The maximum absolute atomic E-state index is 12.8. The average Bonchev–Trinajstić information content (AvgIpc) is 3.29. The molecule has 0 radical (unpaired) electrons. The second kappa shape index (κ2) is 11.4. The molecule has 9 heteroatoms. The molecule has 0 spiro atoms. The van der Waals surface area contributed by atoms with Crippen LogP contribution in [-0.4, -0.2) is 23.5 Å². The van der Waals surface area contributed by atoms with Crippen molar-refractivity contribution in [2.45, 2.75) is 39.0 Å². The van der Waals surface area contributed by atoms with E-state index in [-0.39, 0.29) is 25.0 Å². The van der Waals surface area contributed by atoms with E-state index in [4.69, 9.17) is 9.84 Å². The largest absolute Gasteiger partial charge is 0.485 e. The number of thiophene rings is 1. The molecular weight excluding hydrogens is 479 g/mol. The Morgan fingerprint density at radius 2 is 1.57 bits per heavy atom. The number of alkyl halides is 3. The summed E-state index contributed by atoms with van der Waals surface area (Å²) < 4.78 is 44.6. The lowest BCUT2D eigenvalue weighted by Crippen LogP contribution is -2.25. The molecule has 0 bridgehead atoms. The van der Waals surface area contributed by atoms with Crippen molar-refractivity contribution in [2.24, 2.45) is 5.92 Å². The van der Waals surface area contributed by atoms with Crippen LogP contribution < -0.4 is 10.1 Å². The summed E-state index contributed by atoms with van der Waals surface area (Å²) in [5.74, 6) is -0.382. The molecule has 1 heterocycles. The van der Waals surface area contributed by atoms with Crippen LogP contribution in [0.5, 0.6) is 5.75 Å². The van der Waals surface area contributed by atoms with E-state index in [1.807, 2.05) is 6.07 Å². The fourth-order valence-corrected chi connectivity index (χ4v) is 4.38. The summed E-state index contributed by atoms with van der Waals surface area (Å²) in [4.78, 5) is 24.3. The quantitative estimate of drug-likeness (QED) is 0.318. The molecule has 5 nitrogen and oxygen atoms in total. The van der Waals surface area contributed by atoms with Crippen LogP contribution in [0.15, 0.2) is 60.7 Å². The summed E-state index contributed by atoms with van der Waals surface area (Å²) >= 11 is 1.30. The van der Waals surface area contributed by atoms with Crippen LogP contribution in [0.4, 0.5) is 13.2 Å². The minimum absolute atomic E-state index is 0.0542. The van der Waals surface area contributed by atoms with Crippen molar-refractivity contribution in [3.8, 4) is 16.9 Å². The maximum atomic E-state index is 12.8. The number of hydrogen-bond donors (Lipinski definition) is 2. The molecule has 1 atom stereocenters. The molecule has 0 aliphatic rings. The molecule has 35 heavy (non-hydrogen) atoms. The zero-order valence-electron chi connectivity index (χ0n) is 19.3. The summed E-state index contributed by atoms with van der Waals surface area (Å²) in [5.41, 5.74) is 0.742. The lowest BCUT2D eigenvalue weighted by Gasteiger charge is -2.20. The topological polar surface area (TPSA) is 75.6 Å². The third kappa shape index (κ3) is 7.58. The predicted molar refractivity (Wildman–Crippen MR) is 129 cm³/mol.